The summed E-state index contributed by atoms with van der Waals surface area (Å²) in [6.07, 6.45) is 0. The summed E-state index contributed by atoms with van der Waals surface area (Å²) in [6, 6.07) is 6.24. The Labute approximate surface area is 125 Å². The molecule has 2 rings (SSSR count). The van der Waals surface area contributed by atoms with Crippen molar-refractivity contribution in [3.63, 3.8) is 0 Å². The molecule has 0 aliphatic carbocycles. The van der Waals surface area contributed by atoms with Gasteiger partial charge in [-0.05, 0) is 25.1 Å². The Morgan fingerprint density at radius 3 is 2.55 bits per heavy atom. The largest absolute Gasteiger partial charge is 0.257 e. The molecule has 1 aromatic heterocycles. The number of aryl methyl sites for hydroxylation is 1. The Hall–Kier alpha value is -1.59. The molecule has 9 heteroatoms. The number of rotatable bonds is 2. The van der Waals surface area contributed by atoms with Crippen LogP contribution in [0, 0.1) is 18.3 Å². The molecule has 2 N–H and O–H groups in total. The highest BCUT2D eigenvalue weighted by atomic mass is 35.5. The Morgan fingerprint density at radius 1 is 1.40 bits per heavy atom. The van der Waals surface area contributed by atoms with Gasteiger partial charge in [-0.2, -0.15) is 10.4 Å². The zero-order chi connectivity index (χ0) is 15.1. The van der Waals surface area contributed by atoms with Gasteiger partial charge in [0.25, 0.3) is 10.0 Å². The molecule has 0 saturated heterocycles. The van der Waals surface area contributed by atoms with Gasteiger partial charge in [0.05, 0.1) is 16.4 Å². The second kappa shape index (κ2) is 5.07. The third-order valence-corrected chi connectivity index (χ3v) is 3.99. The van der Waals surface area contributed by atoms with Gasteiger partial charge in [0.15, 0.2) is 5.03 Å². The molecule has 0 spiro atoms. The Kier molecular flexibility index (Phi) is 3.75. The maximum atomic E-state index is 11.7. The van der Waals surface area contributed by atoms with Crippen molar-refractivity contribution in [1.82, 2.24) is 9.78 Å². The first-order valence-corrected chi connectivity index (χ1v) is 7.54. The number of nitriles is 1. The minimum atomic E-state index is -4.14. The molecule has 1 heterocycles. The number of primary sulfonamides is 1. The van der Waals surface area contributed by atoms with Crippen LogP contribution in [0.15, 0.2) is 23.2 Å². The molecule has 0 radical (unpaired) electrons. The first-order valence-electron chi connectivity index (χ1n) is 5.23. The van der Waals surface area contributed by atoms with Crippen molar-refractivity contribution in [3.8, 4) is 11.8 Å². The van der Waals surface area contributed by atoms with E-state index in [4.69, 9.17) is 33.6 Å². The van der Waals surface area contributed by atoms with E-state index in [0.29, 0.717) is 5.02 Å². The molecule has 0 saturated carbocycles. The van der Waals surface area contributed by atoms with E-state index in [-0.39, 0.29) is 22.0 Å². The van der Waals surface area contributed by atoms with Crippen LogP contribution in [0.25, 0.3) is 5.69 Å². The van der Waals surface area contributed by atoms with Gasteiger partial charge >= 0.3 is 0 Å². The molecule has 0 aliphatic heterocycles. The average Bonchev–Trinajstić information content (AvgIpc) is 2.65. The molecule has 0 bridgehead atoms. The number of hydrogen-bond acceptors (Lipinski definition) is 4. The topological polar surface area (TPSA) is 102 Å². The lowest BCUT2D eigenvalue weighted by molar-refractivity contribution is 0.587. The van der Waals surface area contributed by atoms with Gasteiger partial charge < -0.3 is 0 Å². The molecular weight excluding hydrogens is 323 g/mol. The van der Waals surface area contributed by atoms with Gasteiger partial charge in [-0.25, -0.2) is 18.2 Å². The predicted molar refractivity (Wildman–Crippen MR) is 74.4 cm³/mol. The van der Waals surface area contributed by atoms with E-state index in [1.54, 1.807) is 6.07 Å². The third kappa shape index (κ3) is 2.51. The number of hydrogen-bond donors (Lipinski definition) is 1. The molecule has 0 unspecified atom stereocenters. The minimum absolute atomic E-state index is 0.112. The first kappa shape index (κ1) is 14.8. The standard InChI is InChI=1S/C11H8Cl2N4O2S/c1-6-8(5-14)11(20(15,18)19)17(16-6)10-3-2-7(12)4-9(10)13/h2-4H,1H3,(H2,15,18,19). The van der Waals surface area contributed by atoms with Crippen LogP contribution in [0.2, 0.25) is 10.0 Å². The van der Waals surface area contributed by atoms with Crippen LogP contribution < -0.4 is 5.14 Å². The van der Waals surface area contributed by atoms with E-state index in [9.17, 15) is 8.42 Å². The molecule has 20 heavy (non-hydrogen) atoms. The van der Waals surface area contributed by atoms with Crippen LogP contribution in [0.1, 0.15) is 11.3 Å². The van der Waals surface area contributed by atoms with Crippen molar-refractivity contribution < 1.29 is 8.42 Å². The molecule has 6 nitrogen and oxygen atoms in total. The second-order valence-corrected chi connectivity index (χ2v) is 6.25. The maximum absolute atomic E-state index is 11.7. The number of benzene rings is 1. The van der Waals surface area contributed by atoms with Gasteiger partial charge in [0, 0.05) is 5.02 Å². The normalized spacial score (nSPS) is 11.3. The fraction of sp³-hybridized carbons (Fsp3) is 0.0909. The molecule has 2 aromatic rings. The summed E-state index contributed by atoms with van der Waals surface area (Å²) < 4.78 is 24.4. The highest BCUT2D eigenvalue weighted by Crippen LogP contribution is 2.28. The van der Waals surface area contributed by atoms with Crippen molar-refractivity contribution in [2.24, 2.45) is 5.14 Å². The van der Waals surface area contributed by atoms with Crippen LogP contribution in [0.4, 0.5) is 0 Å². The summed E-state index contributed by atoms with van der Waals surface area (Å²) in [7, 11) is -4.14. The van der Waals surface area contributed by atoms with E-state index < -0.39 is 15.0 Å². The van der Waals surface area contributed by atoms with Crippen LogP contribution in [-0.4, -0.2) is 18.2 Å². The van der Waals surface area contributed by atoms with Crippen LogP contribution in [0.5, 0.6) is 0 Å². The van der Waals surface area contributed by atoms with Crippen molar-refractivity contribution in [2.45, 2.75) is 11.9 Å². The summed E-state index contributed by atoms with van der Waals surface area (Å²) in [5.41, 5.74) is 0.394. The fourth-order valence-electron chi connectivity index (χ4n) is 1.71. The maximum Gasteiger partial charge on any atom is 0.257 e. The summed E-state index contributed by atoms with van der Waals surface area (Å²) >= 11 is 11.8. The van der Waals surface area contributed by atoms with Crippen molar-refractivity contribution in [1.29, 1.82) is 5.26 Å². The highest BCUT2D eigenvalue weighted by molar-refractivity contribution is 7.89. The molecule has 0 aliphatic rings. The number of sulfonamides is 1. The molecule has 0 fully saturated rings. The monoisotopic (exact) mass is 330 g/mol. The molecule has 0 amide bonds. The van der Waals surface area contributed by atoms with E-state index in [1.807, 2.05) is 0 Å². The fourth-order valence-corrected chi connectivity index (χ4v) is 3.06. The Morgan fingerprint density at radius 2 is 2.05 bits per heavy atom. The average molecular weight is 331 g/mol. The summed E-state index contributed by atoms with van der Waals surface area (Å²) in [5, 5.41) is 18.4. The van der Waals surface area contributed by atoms with Gasteiger partial charge in [0.1, 0.15) is 11.6 Å². The van der Waals surface area contributed by atoms with Crippen molar-refractivity contribution >= 4 is 33.2 Å². The van der Waals surface area contributed by atoms with Crippen molar-refractivity contribution in [2.75, 3.05) is 0 Å². The summed E-state index contributed by atoms with van der Waals surface area (Å²) in [6.45, 7) is 1.51. The summed E-state index contributed by atoms with van der Waals surface area (Å²) in [4.78, 5) is 0. The van der Waals surface area contributed by atoms with Crippen LogP contribution in [0.3, 0.4) is 0 Å². The lowest BCUT2D eigenvalue weighted by Crippen LogP contribution is -2.18. The SMILES string of the molecule is Cc1nn(-c2ccc(Cl)cc2Cl)c(S(N)(=O)=O)c1C#N. The predicted octanol–water partition coefficient (Wildman–Crippen LogP) is 2.01. The highest BCUT2D eigenvalue weighted by Gasteiger charge is 2.26. The minimum Gasteiger partial charge on any atom is -0.223 e. The van der Waals surface area contributed by atoms with E-state index in [0.717, 1.165) is 4.68 Å². The Balaban J connectivity index is 2.86. The zero-order valence-electron chi connectivity index (χ0n) is 10.1. The Bertz CT molecular complexity index is 837. The summed E-state index contributed by atoms with van der Waals surface area (Å²) in [5.74, 6) is 0. The second-order valence-electron chi connectivity index (χ2n) is 3.93. The zero-order valence-corrected chi connectivity index (χ0v) is 12.5. The van der Waals surface area contributed by atoms with Gasteiger partial charge in [-0.1, -0.05) is 23.2 Å². The number of halogens is 2. The quantitative estimate of drug-likeness (QED) is 0.909. The van der Waals surface area contributed by atoms with Crippen molar-refractivity contribution in [3.05, 3.63) is 39.5 Å². The smallest absolute Gasteiger partial charge is 0.223 e. The van der Waals surface area contributed by atoms with E-state index in [2.05, 4.69) is 5.10 Å². The van der Waals surface area contributed by atoms with E-state index in [1.165, 1.54) is 25.1 Å². The molecule has 104 valence electrons. The number of nitrogens with two attached hydrogens (primary N) is 1. The van der Waals surface area contributed by atoms with Crippen LogP contribution >= 0.6 is 23.2 Å². The number of aromatic nitrogens is 2. The number of nitrogens with zero attached hydrogens (tertiary/aromatic N) is 3. The molecule has 1 aromatic carbocycles. The van der Waals surface area contributed by atoms with Gasteiger partial charge in [0.2, 0.25) is 0 Å². The van der Waals surface area contributed by atoms with Gasteiger partial charge in [-0.3, -0.25) is 0 Å². The van der Waals surface area contributed by atoms with Crippen LogP contribution in [-0.2, 0) is 10.0 Å². The molecule has 0 atom stereocenters. The molecular formula is C11H8Cl2N4O2S. The first-order chi connectivity index (χ1) is 9.25. The van der Waals surface area contributed by atoms with Gasteiger partial charge in [-0.15, -0.1) is 0 Å². The lowest BCUT2D eigenvalue weighted by atomic mass is 10.3. The lowest BCUT2D eigenvalue weighted by Gasteiger charge is -2.08. The van der Waals surface area contributed by atoms with E-state index >= 15 is 0 Å². The third-order valence-electron chi connectivity index (χ3n) is 2.54.